The van der Waals surface area contributed by atoms with Gasteiger partial charge in [-0.1, -0.05) is 17.7 Å². The van der Waals surface area contributed by atoms with Crippen molar-refractivity contribution in [1.29, 1.82) is 0 Å². The van der Waals surface area contributed by atoms with Gasteiger partial charge in [0.1, 0.15) is 0 Å². The maximum atomic E-state index is 8.73. The molecule has 0 spiro atoms. The Morgan fingerprint density at radius 2 is 1.60 bits per heavy atom. The molecule has 1 aromatic carbocycles. The van der Waals surface area contributed by atoms with E-state index in [-0.39, 0.29) is 0 Å². The van der Waals surface area contributed by atoms with Crippen LogP contribution in [0.3, 0.4) is 0 Å². The minimum atomic E-state index is -1.91. The Kier molecular flexibility index (Phi) is 2.39. The fourth-order valence-corrected chi connectivity index (χ4v) is 1.09. The maximum Gasteiger partial charge on any atom is 0.199 e. The SMILES string of the molecule is Cc1ccc(P(O)O)cc1. The summed E-state index contributed by atoms with van der Waals surface area (Å²) < 4.78 is 0. The number of aryl methyl sites for hydroxylation is 1. The second-order valence-electron chi connectivity index (χ2n) is 2.12. The van der Waals surface area contributed by atoms with Crippen LogP contribution in [-0.2, 0) is 0 Å². The van der Waals surface area contributed by atoms with Crippen LogP contribution < -0.4 is 5.30 Å². The van der Waals surface area contributed by atoms with Crippen molar-refractivity contribution in [2.75, 3.05) is 0 Å². The van der Waals surface area contributed by atoms with Crippen LogP contribution in [0.25, 0.3) is 0 Å². The molecule has 0 aromatic heterocycles. The molecule has 2 nitrogen and oxygen atoms in total. The normalized spacial score (nSPS) is 10.4. The van der Waals surface area contributed by atoms with Crippen molar-refractivity contribution in [3.63, 3.8) is 0 Å². The van der Waals surface area contributed by atoms with Crippen molar-refractivity contribution in [3.8, 4) is 0 Å². The van der Waals surface area contributed by atoms with Gasteiger partial charge in [-0.3, -0.25) is 0 Å². The van der Waals surface area contributed by atoms with Crippen LogP contribution >= 0.6 is 8.38 Å². The van der Waals surface area contributed by atoms with Gasteiger partial charge in [0.15, 0.2) is 8.38 Å². The molecular formula is C7H9O2P. The highest BCUT2D eigenvalue weighted by Gasteiger charge is 2.00. The molecule has 0 aliphatic heterocycles. The zero-order valence-electron chi connectivity index (χ0n) is 5.65. The molecule has 0 atom stereocenters. The summed E-state index contributed by atoms with van der Waals surface area (Å²) in [6, 6.07) is 7.16. The summed E-state index contributed by atoms with van der Waals surface area (Å²) in [5, 5.41) is 0.598. The lowest BCUT2D eigenvalue weighted by Gasteiger charge is -2.00. The van der Waals surface area contributed by atoms with Gasteiger partial charge < -0.3 is 9.79 Å². The van der Waals surface area contributed by atoms with Crippen molar-refractivity contribution < 1.29 is 9.79 Å². The van der Waals surface area contributed by atoms with E-state index in [1.807, 2.05) is 19.1 Å². The van der Waals surface area contributed by atoms with Crippen LogP contribution in [0.1, 0.15) is 5.56 Å². The quantitative estimate of drug-likeness (QED) is 0.593. The average molecular weight is 156 g/mol. The van der Waals surface area contributed by atoms with E-state index in [0.717, 1.165) is 5.56 Å². The molecule has 0 fully saturated rings. The first-order valence-corrected chi connectivity index (χ1v) is 4.19. The van der Waals surface area contributed by atoms with Gasteiger partial charge in [-0.05, 0) is 19.1 Å². The van der Waals surface area contributed by atoms with Crippen LogP contribution in [0.4, 0.5) is 0 Å². The summed E-state index contributed by atoms with van der Waals surface area (Å²) in [5.41, 5.74) is 1.13. The predicted octanol–water partition coefficient (Wildman–Crippen LogP) is 0.917. The van der Waals surface area contributed by atoms with Gasteiger partial charge in [-0.25, -0.2) is 0 Å². The van der Waals surface area contributed by atoms with Gasteiger partial charge in [0.25, 0.3) is 0 Å². The molecular weight excluding hydrogens is 147 g/mol. The molecule has 1 aromatic rings. The van der Waals surface area contributed by atoms with E-state index in [9.17, 15) is 0 Å². The maximum absolute atomic E-state index is 8.73. The summed E-state index contributed by atoms with van der Waals surface area (Å²) in [4.78, 5) is 17.5. The van der Waals surface area contributed by atoms with E-state index in [0.29, 0.717) is 5.30 Å². The molecule has 0 heterocycles. The Balaban J connectivity index is 2.89. The monoisotopic (exact) mass is 156 g/mol. The standard InChI is InChI=1S/C7H9O2P/c1-6-2-4-7(5-3-6)10(8)9/h2-5,8-9H,1H3. The van der Waals surface area contributed by atoms with Gasteiger partial charge in [0, 0.05) is 5.30 Å². The predicted molar refractivity (Wildman–Crippen MR) is 42.2 cm³/mol. The molecule has 0 bridgehead atoms. The first-order valence-electron chi connectivity index (χ1n) is 2.94. The first kappa shape index (κ1) is 7.67. The Labute approximate surface area is 61.1 Å². The van der Waals surface area contributed by atoms with E-state index >= 15 is 0 Å². The van der Waals surface area contributed by atoms with E-state index in [4.69, 9.17) is 9.79 Å². The molecule has 54 valence electrons. The van der Waals surface area contributed by atoms with Crippen molar-refractivity contribution in [3.05, 3.63) is 29.8 Å². The third kappa shape index (κ3) is 1.77. The molecule has 10 heavy (non-hydrogen) atoms. The molecule has 0 saturated carbocycles. The van der Waals surface area contributed by atoms with Crippen LogP contribution in [0.2, 0.25) is 0 Å². The minimum Gasteiger partial charge on any atom is -0.347 e. The van der Waals surface area contributed by atoms with Gasteiger partial charge in [0.2, 0.25) is 0 Å². The van der Waals surface area contributed by atoms with Gasteiger partial charge >= 0.3 is 0 Å². The van der Waals surface area contributed by atoms with E-state index in [1.165, 1.54) is 0 Å². The molecule has 3 heteroatoms. The number of hydrogen-bond donors (Lipinski definition) is 2. The summed E-state index contributed by atoms with van der Waals surface area (Å²) in [5.74, 6) is 0. The molecule has 0 amide bonds. The van der Waals surface area contributed by atoms with Gasteiger partial charge in [-0.2, -0.15) is 0 Å². The van der Waals surface area contributed by atoms with Crippen LogP contribution in [0, 0.1) is 6.92 Å². The van der Waals surface area contributed by atoms with Crippen molar-refractivity contribution in [2.24, 2.45) is 0 Å². The number of benzene rings is 1. The number of rotatable bonds is 1. The fourth-order valence-electron chi connectivity index (χ4n) is 0.678. The molecule has 0 radical (unpaired) electrons. The van der Waals surface area contributed by atoms with Crippen LogP contribution in [-0.4, -0.2) is 9.79 Å². The Hall–Kier alpha value is -0.430. The highest BCUT2D eigenvalue weighted by Crippen LogP contribution is 2.21. The van der Waals surface area contributed by atoms with E-state index in [1.54, 1.807) is 12.1 Å². The molecule has 0 unspecified atom stereocenters. The first-order chi connectivity index (χ1) is 4.70. The molecule has 0 aliphatic rings. The smallest absolute Gasteiger partial charge is 0.199 e. The topological polar surface area (TPSA) is 40.5 Å². The van der Waals surface area contributed by atoms with Gasteiger partial charge in [-0.15, -0.1) is 0 Å². The Morgan fingerprint density at radius 3 is 2.00 bits per heavy atom. The van der Waals surface area contributed by atoms with E-state index in [2.05, 4.69) is 0 Å². The zero-order valence-corrected chi connectivity index (χ0v) is 6.55. The summed E-state index contributed by atoms with van der Waals surface area (Å²) in [7, 11) is -1.91. The average Bonchev–Trinajstić information content (AvgIpc) is 1.88. The van der Waals surface area contributed by atoms with Gasteiger partial charge in [0.05, 0.1) is 0 Å². The van der Waals surface area contributed by atoms with Crippen molar-refractivity contribution in [1.82, 2.24) is 0 Å². The Bertz CT molecular complexity index is 205. The van der Waals surface area contributed by atoms with Crippen molar-refractivity contribution in [2.45, 2.75) is 6.92 Å². The molecule has 0 saturated heterocycles. The third-order valence-corrected chi connectivity index (χ3v) is 2.02. The lowest BCUT2D eigenvalue weighted by Crippen LogP contribution is -1.97. The molecule has 2 N–H and O–H groups in total. The second-order valence-corrected chi connectivity index (χ2v) is 3.22. The third-order valence-electron chi connectivity index (χ3n) is 1.26. The zero-order chi connectivity index (χ0) is 7.56. The largest absolute Gasteiger partial charge is 0.347 e. The van der Waals surface area contributed by atoms with Crippen LogP contribution in [0.5, 0.6) is 0 Å². The fraction of sp³-hybridized carbons (Fsp3) is 0.143. The highest BCUT2D eigenvalue weighted by atomic mass is 31.2. The summed E-state index contributed by atoms with van der Waals surface area (Å²) in [6.07, 6.45) is 0. The second kappa shape index (κ2) is 3.11. The highest BCUT2D eigenvalue weighted by molar-refractivity contribution is 7.54. The lowest BCUT2D eigenvalue weighted by atomic mass is 10.2. The summed E-state index contributed by atoms with van der Waals surface area (Å²) >= 11 is 0. The summed E-state index contributed by atoms with van der Waals surface area (Å²) in [6.45, 7) is 1.96. The molecule has 0 aliphatic carbocycles. The Morgan fingerprint density at radius 1 is 1.10 bits per heavy atom. The van der Waals surface area contributed by atoms with Crippen molar-refractivity contribution >= 4 is 13.7 Å². The number of hydrogen-bond acceptors (Lipinski definition) is 2. The van der Waals surface area contributed by atoms with E-state index < -0.39 is 8.38 Å². The van der Waals surface area contributed by atoms with Crippen LogP contribution in [0.15, 0.2) is 24.3 Å². The minimum absolute atomic E-state index is 0.598. The molecule has 1 rings (SSSR count). The lowest BCUT2D eigenvalue weighted by molar-refractivity contribution is 0.497.